The van der Waals surface area contributed by atoms with Crippen molar-refractivity contribution in [3.05, 3.63) is 20.3 Å². The van der Waals surface area contributed by atoms with Gasteiger partial charge in [-0.1, -0.05) is 30.1 Å². The van der Waals surface area contributed by atoms with E-state index in [1.54, 1.807) is 0 Å². The van der Waals surface area contributed by atoms with Crippen molar-refractivity contribution in [2.24, 2.45) is 0 Å². The second-order valence-corrected chi connectivity index (χ2v) is 6.50. The Morgan fingerprint density at radius 1 is 1.56 bits per heavy atom. The standard InChI is InChI=1S/C11H17Cl2NOS/c1-4-11(3,6-15)14-7(2)8-5-9(12)16-10(8)13/h5,7,14-15H,4,6H2,1-3H3. The van der Waals surface area contributed by atoms with Crippen LogP contribution in [0.15, 0.2) is 6.07 Å². The smallest absolute Gasteiger partial charge is 0.0991 e. The van der Waals surface area contributed by atoms with Gasteiger partial charge in [-0.3, -0.25) is 0 Å². The van der Waals surface area contributed by atoms with E-state index in [1.807, 2.05) is 26.8 Å². The summed E-state index contributed by atoms with van der Waals surface area (Å²) in [7, 11) is 0. The molecule has 0 saturated heterocycles. The summed E-state index contributed by atoms with van der Waals surface area (Å²) < 4.78 is 1.40. The maximum Gasteiger partial charge on any atom is 0.0991 e. The van der Waals surface area contributed by atoms with Crippen LogP contribution in [0.1, 0.15) is 38.8 Å². The van der Waals surface area contributed by atoms with Crippen LogP contribution in [0.4, 0.5) is 0 Å². The van der Waals surface area contributed by atoms with Crippen molar-refractivity contribution >= 4 is 34.5 Å². The second-order valence-electron chi connectivity index (χ2n) is 4.22. The summed E-state index contributed by atoms with van der Waals surface area (Å²) in [4.78, 5) is 0. The normalized spacial score (nSPS) is 17.1. The van der Waals surface area contributed by atoms with E-state index in [0.29, 0.717) is 8.67 Å². The molecule has 1 rings (SSSR count). The fourth-order valence-corrected chi connectivity index (χ4v) is 3.15. The first kappa shape index (κ1) is 14.3. The van der Waals surface area contributed by atoms with E-state index in [-0.39, 0.29) is 18.2 Å². The molecule has 0 aliphatic rings. The number of aliphatic hydroxyl groups is 1. The van der Waals surface area contributed by atoms with Gasteiger partial charge in [-0.25, -0.2) is 0 Å². The van der Waals surface area contributed by atoms with E-state index in [1.165, 1.54) is 11.3 Å². The fraction of sp³-hybridized carbons (Fsp3) is 0.636. The molecule has 0 saturated carbocycles. The number of thiophene rings is 1. The van der Waals surface area contributed by atoms with Gasteiger partial charge in [0.05, 0.1) is 15.3 Å². The molecule has 92 valence electrons. The first-order valence-electron chi connectivity index (χ1n) is 5.25. The summed E-state index contributed by atoms with van der Waals surface area (Å²) in [6.07, 6.45) is 0.851. The van der Waals surface area contributed by atoms with Crippen LogP contribution in [0, 0.1) is 0 Å². The lowest BCUT2D eigenvalue weighted by atomic mass is 9.98. The highest BCUT2D eigenvalue weighted by atomic mass is 35.5. The number of halogens is 2. The summed E-state index contributed by atoms with van der Waals surface area (Å²) in [6, 6.07) is 1.95. The minimum absolute atomic E-state index is 0.0772. The summed E-state index contributed by atoms with van der Waals surface area (Å²) in [6.45, 7) is 6.15. The van der Waals surface area contributed by atoms with Gasteiger partial charge in [-0.05, 0) is 31.9 Å². The molecule has 2 unspecified atom stereocenters. The van der Waals surface area contributed by atoms with Crippen LogP contribution in [-0.2, 0) is 0 Å². The summed E-state index contributed by atoms with van der Waals surface area (Å²) in [5, 5.41) is 12.7. The minimum atomic E-state index is -0.281. The molecule has 0 amide bonds. The maximum absolute atomic E-state index is 9.34. The number of hydrogen-bond acceptors (Lipinski definition) is 3. The Labute approximate surface area is 111 Å². The average Bonchev–Trinajstić information content (AvgIpc) is 2.57. The molecule has 0 aromatic carbocycles. The third-order valence-electron chi connectivity index (χ3n) is 2.84. The molecule has 2 N–H and O–H groups in total. The molecule has 5 heteroatoms. The van der Waals surface area contributed by atoms with E-state index in [2.05, 4.69) is 5.32 Å². The molecule has 1 heterocycles. The molecule has 2 nitrogen and oxygen atoms in total. The molecule has 0 spiro atoms. The topological polar surface area (TPSA) is 32.3 Å². The molecule has 2 atom stereocenters. The van der Waals surface area contributed by atoms with Gasteiger partial charge in [-0.2, -0.15) is 0 Å². The van der Waals surface area contributed by atoms with Crippen LogP contribution in [0.2, 0.25) is 8.67 Å². The molecule has 0 aliphatic carbocycles. The third-order valence-corrected chi connectivity index (χ3v) is 4.36. The first-order chi connectivity index (χ1) is 7.41. The molecular weight excluding hydrogens is 265 g/mol. The summed E-state index contributed by atoms with van der Waals surface area (Å²) in [5.74, 6) is 0. The number of rotatable bonds is 5. The SMILES string of the molecule is CCC(C)(CO)NC(C)c1cc(Cl)sc1Cl. The third kappa shape index (κ3) is 3.34. The zero-order valence-electron chi connectivity index (χ0n) is 9.68. The van der Waals surface area contributed by atoms with E-state index in [4.69, 9.17) is 23.2 Å². The predicted octanol–water partition coefficient (Wildman–Crippen LogP) is 3.87. The highest BCUT2D eigenvalue weighted by molar-refractivity contribution is 7.20. The Hall–Kier alpha value is 0.200. The van der Waals surface area contributed by atoms with Crippen LogP contribution in [0.25, 0.3) is 0 Å². The predicted molar refractivity (Wildman–Crippen MR) is 71.7 cm³/mol. The fourth-order valence-electron chi connectivity index (χ4n) is 1.51. The summed E-state index contributed by atoms with van der Waals surface area (Å²) in [5.41, 5.74) is 0.710. The molecule has 16 heavy (non-hydrogen) atoms. The maximum atomic E-state index is 9.34. The van der Waals surface area contributed by atoms with Gasteiger partial charge in [0.2, 0.25) is 0 Å². The minimum Gasteiger partial charge on any atom is -0.394 e. The Balaban J connectivity index is 2.79. The first-order valence-corrected chi connectivity index (χ1v) is 6.82. The molecular formula is C11H17Cl2NOS. The van der Waals surface area contributed by atoms with Crippen LogP contribution in [-0.4, -0.2) is 17.3 Å². The summed E-state index contributed by atoms with van der Waals surface area (Å²) >= 11 is 13.4. The van der Waals surface area contributed by atoms with E-state index in [9.17, 15) is 5.11 Å². The number of hydrogen-bond donors (Lipinski definition) is 2. The lowest BCUT2D eigenvalue weighted by Crippen LogP contribution is -2.46. The van der Waals surface area contributed by atoms with Crippen molar-refractivity contribution in [1.82, 2.24) is 5.32 Å². The monoisotopic (exact) mass is 281 g/mol. The zero-order valence-corrected chi connectivity index (χ0v) is 12.0. The highest BCUT2D eigenvalue weighted by Crippen LogP contribution is 2.35. The van der Waals surface area contributed by atoms with Crippen molar-refractivity contribution in [3.8, 4) is 0 Å². The quantitative estimate of drug-likeness (QED) is 0.859. The van der Waals surface area contributed by atoms with E-state index < -0.39 is 0 Å². The Kier molecular flexibility index (Phi) is 5.08. The molecule has 0 bridgehead atoms. The van der Waals surface area contributed by atoms with Crippen LogP contribution < -0.4 is 5.32 Å². The molecule has 1 aromatic heterocycles. The van der Waals surface area contributed by atoms with Gasteiger partial charge < -0.3 is 10.4 Å². The number of nitrogens with one attached hydrogen (secondary N) is 1. The van der Waals surface area contributed by atoms with Crippen molar-refractivity contribution in [1.29, 1.82) is 0 Å². The van der Waals surface area contributed by atoms with Gasteiger partial charge >= 0.3 is 0 Å². The van der Waals surface area contributed by atoms with Crippen molar-refractivity contribution in [3.63, 3.8) is 0 Å². The van der Waals surface area contributed by atoms with Crippen LogP contribution >= 0.6 is 34.5 Å². The Bertz CT molecular complexity index is 350. The Morgan fingerprint density at radius 3 is 2.56 bits per heavy atom. The lowest BCUT2D eigenvalue weighted by molar-refractivity contribution is 0.159. The van der Waals surface area contributed by atoms with Crippen molar-refractivity contribution < 1.29 is 5.11 Å². The molecule has 0 aliphatic heterocycles. The molecule has 1 aromatic rings. The van der Waals surface area contributed by atoms with Crippen molar-refractivity contribution in [2.75, 3.05) is 6.61 Å². The van der Waals surface area contributed by atoms with Crippen molar-refractivity contribution in [2.45, 2.75) is 38.8 Å². The van der Waals surface area contributed by atoms with E-state index >= 15 is 0 Å². The molecule has 0 fully saturated rings. The number of aliphatic hydroxyl groups excluding tert-OH is 1. The zero-order chi connectivity index (χ0) is 12.3. The average molecular weight is 282 g/mol. The lowest BCUT2D eigenvalue weighted by Gasteiger charge is -2.31. The second kappa shape index (κ2) is 5.69. The largest absolute Gasteiger partial charge is 0.394 e. The van der Waals surface area contributed by atoms with Crippen LogP contribution in [0.5, 0.6) is 0 Å². The van der Waals surface area contributed by atoms with E-state index in [0.717, 1.165) is 12.0 Å². The van der Waals surface area contributed by atoms with Gasteiger partial charge in [0.25, 0.3) is 0 Å². The van der Waals surface area contributed by atoms with Gasteiger partial charge in [0, 0.05) is 11.6 Å². The molecule has 0 radical (unpaired) electrons. The van der Waals surface area contributed by atoms with Gasteiger partial charge in [0.1, 0.15) is 0 Å². The van der Waals surface area contributed by atoms with Gasteiger partial charge in [-0.15, -0.1) is 11.3 Å². The highest BCUT2D eigenvalue weighted by Gasteiger charge is 2.24. The van der Waals surface area contributed by atoms with Gasteiger partial charge in [0.15, 0.2) is 0 Å². The van der Waals surface area contributed by atoms with Crippen LogP contribution in [0.3, 0.4) is 0 Å². The Morgan fingerprint density at radius 2 is 2.19 bits per heavy atom.